The van der Waals surface area contributed by atoms with Crippen molar-refractivity contribution < 1.29 is 9.90 Å². The Bertz CT molecular complexity index is 189. The third-order valence-corrected chi connectivity index (χ3v) is 1.24. The predicted octanol–water partition coefficient (Wildman–Crippen LogP) is 1.68. The molecular formula is C4H5Cl2NO2S. The molecule has 10 heavy (non-hydrogen) atoms. The molecule has 0 amide bonds. The molecule has 1 rings (SSSR count). The van der Waals surface area contributed by atoms with E-state index in [1.165, 1.54) is 22.2 Å². The number of carboxylic acid groups (broad SMARTS) is 1. The summed E-state index contributed by atoms with van der Waals surface area (Å²) in [4.78, 5) is 13.5. The number of aromatic carboxylic acids is 1. The Hall–Kier alpha value is -0.320. The van der Waals surface area contributed by atoms with Crippen LogP contribution in [0.5, 0.6) is 0 Å². The van der Waals surface area contributed by atoms with Crippen LogP contribution in [0, 0.1) is 0 Å². The Labute approximate surface area is 73.9 Å². The fraction of sp³-hybridized carbons (Fsp3) is 0. The molecule has 6 heteroatoms. The SMILES string of the molecule is Cl.Cl.O=C(O)c1cscn1. The monoisotopic (exact) mass is 201 g/mol. The van der Waals surface area contributed by atoms with Crippen LogP contribution < -0.4 is 0 Å². The fourth-order valence-corrected chi connectivity index (χ4v) is 0.844. The van der Waals surface area contributed by atoms with Gasteiger partial charge in [-0.15, -0.1) is 36.2 Å². The third kappa shape index (κ3) is 3.00. The number of halogens is 2. The van der Waals surface area contributed by atoms with Crippen LogP contribution in [0.2, 0.25) is 0 Å². The van der Waals surface area contributed by atoms with Crippen LogP contribution in [0.25, 0.3) is 0 Å². The zero-order valence-corrected chi connectivity index (χ0v) is 7.13. The molecular weight excluding hydrogens is 197 g/mol. The van der Waals surface area contributed by atoms with Crippen LogP contribution in [0.3, 0.4) is 0 Å². The Morgan fingerprint density at radius 2 is 2.20 bits per heavy atom. The van der Waals surface area contributed by atoms with E-state index < -0.39 is 5.97 Å². The highest BCUT2D eigenvalue weighted by Crippen LogP contribution is 1.98. The van der Waals surface area contributed by atoms with E-state index in [9.17, 15) is 4.79 Å². The first-order valence-electron chi connectivity index (χ1n) is 1.92. The molecule has 0 bridgehead atoms. The molecule has 0 fully saturated rings. The molecule has 0 spiro atoms. The van der Waals surface area contributed by atoms with E-state index in [0.717, 1.165) is 0 Å². The van der Waals surface area contributed by atoms with Crippen LogP contribution in [0.1, 0.15) is 10.5 Å². The average molecular weight is 202 g/mol. The molecule has 1 heterocycles. The minimum Gasteiger partial charge on any atom is -0.476 e. The van der Waals surface area contributed by atoms with Crippen molar-refractivity contribution in [2.75, 3.05) is 0 Å². The first-order chi connectivity index (χ1) is 3.80. The summed E-state index contributed by atoms with van der Waals surface area (Å²) in [6.45, 7) is 0. The normalized spacial score (nSPS) is 7.20. The molecule has 0 aliphatic rings. The number of hydrogen-bond donors (Lipinski definition) is 1. The maximum absolute atomic E-state index is 10.0. The standard InChI is InChI=1S/C4H3NO2S.2ClH/c6-4(7)3-1-8-2-5-3;;/h1-2H,(H,6,7);2*1H. The third-order valence-electron chi connectivity index (χ3n) is 0.651. The van der Waals surface area contributed by atoms with Gasteiger partial charge < -0.3 is 5.11 Å². The summed E-state index contributed by atoms with van der Waals surface area (Å²) in [5, 5.41) is 9.71. The Morgan fingerprint density at radius 1 is 1.60 bits per heavy atom. The highest BCUT2D eigenvalue weighted by Gasteiger charge is 2.00. The van der Waals surface area contributed by atoms with Gasteiger partial charge in [-0.2, -0.15) is 0 Å². The molecule has 0 saturated carbocycles. The summed E-state index contributed by atoms with van der Waals surface area (Å²) in [5.74, 6) is -0.966. The van der Waals surface area contributed by atoms with Crippen molar-refractivity contribution in [2.45, 2.75) is 0 Å². The summed E-state index contributed by atoms with van der Waals surface area (Å²) < 4.78 is 0. The zero-order valence-electron chi connectivity index (χ0n) is 4.68. The van der Waals surface area contributed by atoms with Crippen LogP contribution in [-0.2, 0) is 0 Å². The van der Waals surface area contributed by atoms with Crippen LogP contribution in [0.15, 0.2) is 10.9 Å². The first kappa shape index (κ1) is 12.4. The molecule has 0 aliphatic carbocycles. The van der Waals surface area contributed by atoms with Gasteiger partial charge in [-0.25, -0.2) is 9.78 Å². The Kier molecular flexibility index (Phi) is 6.76. The van der Waals surface area contributed by atoms with E-state index >= 15 is 0 Å². The molecule has 0 atom stereocenters. The Balaban J connectivity index is 0. The topological polar surface area (TPSA) is 50.2 Å². The van der Waals surface area contributed by atoms with Gasteiger partial charge in [-0.3, -0.25) is 0 Å². The van der Waals surface area contributed by atoms with Crippen molar-refractivity contribution in [3.63, 3.8) is 0 Å². The van der Waals surface area contributed by atoms with E-state index in [2.05, 4.69) is 4.98 Å². The lowest BCUT2D eigenvalue weighted by atomic mass is 10.5. The summed E-state index contributed by atoms with van der Waals surface area (Å²) in [5.41, 5.74) is 1.61. The van der Waals surface area contributed by atoms with Gasteiger partial charge in [0, 0.05) is 5.38 Å². The number of carboxylic acids is 1. The van der Waals surface area contributed by atoms with Gasteiger partial charge >= 0.3 is 5.97 Å². The molecule has 0 aliphatic heterocycles. The lowest BCUT2D eigenvalue weighted by Crippen LogP contribution is -1.94. The lowest BCUT2D eigenvalue weighted by Gasteiger charge is -1.77. The van der Waals surface area contributed by atoms with Crippen molar-refractivity contribution in [3.05, 3.63) is 16.6 Å². The predicted molar refractivity (Wildman–Crippen MR) is 43.6 cm³/mol. The molecule has 1 N–H and O–H groups in total. The van der Waals surface area contributed by atoms with E-state index in [-0.39, 0.29) is 30.5 Å². The second-order valence-corrected chi connectivity index (χ2v) is 1.90. The molecule has 0 aromatic carbocycles. The van der Waals surface area contributed by atoms with E-state index in [0.29, 0.717) is 0 Å². The highest BCUT2D eigenvalue weighted by molar-refractivity contribution is 7.07. The molecule has 1 aromatic rings. The first-order valence-corrected chi connectivity index (χ1v) is 2.86. The van der Waals surface area contributed by atoms with Gasteiger partial charge in [0.2, 0.25) is 0 Å². The molecule has 3 nitrogen and oxygen atoms in total. The Morgan fingerprint density at radius 3 is 2.40 bits per heavy atom. The van der Waals surface area contributed by atoms with Crippen molar-refractivity contribution in [1.82, 2.24) is 4.98 Å². The van der Waals surface area contributed by atoms with Gasteiger partial charge in [0.25, 0.3) is 0 Å². The number of carbonyl (C=O) groups is 1. The van der Waals surface area contributed by atoms with Crippen LogP contribution >= 0.6 is 36.2 Å². The molecule has 58 valence electrons. The molecule has 1 aromatic heterocycles. The lowest BCUT2D eigenvalue weighted by molar-refractivity contribution is 0.0691. The smallest absolute Gasteiger partial charge is 0.355 e. The summed E-state index contributed by atoms with van der Waals surface area (Å²) in [6, 6.07) is 0. The molecule has 0 radical (unpaired) electrons. The largest absolute Gasteiger partial charge is 0.476 e. The van der Waals surface area contributed by atoms with Gasteiger partial charge in [0.05, 0.1) is 5.51 Å². The highest BCUT2D eigenvalue weighted by atomic mass is 35.5. The molecule has 0 saturated heterocycles. The zero-order chi connectivity index (χ0) is 5.98. The summed E-state index contributed by atoms with van der Waals surface area (Å²) >= 11 is 1.28. The van der Waals surface area contributed by atoms with Gasteiger partial charge in [0.15, 0.2) is 5.69 Å². The number of thiazole rings is 1. The fourth-order valence-electron chi connectivity index (χ4n) is 0.318. The van der Waals surface area contributed by atoms with Crippen LogP contribution in [0.4, 0.5) is 0 Å². The molecule has 0 unspecified atom stereocenters. The van der Waals surface area contributed by atoms with Crippen molar-refractivity contribution in [3.8, 4) is 0 Å². The quantitative estimate of drug-likeness (QED) is 0.753. The second-order valence-electron chi connectivity index (χ2n) is 1.18. The average Bonchev–Trinajstić information content (AvgIpc) is 2.12. The maximum atomic E-state index is 10.0. The van der Waals surface area contributed by atoms with Crippen molar-refractivity contribution in [1.29, 1.82) is 0 Å². The van der Waals surface area contributed by atoms with Crippen molar-refractivity contribution in [2.24, 2.45) is 0 Å². The minimum absolute atomic E-state index is 0. The number of hydrogen-bond acceptors (Lipinski definition) is 3. The van der Waals surface area contributed by atoms with E-state index in [1.807, 2.05) is 0 Å². The van der Waals surface area contributed by atoms with E-state index in [4.69, 9.17) is 5.11 Å². The van der Waals surface area contributed by atoms with Gasteiger partial charge in [-0.1, -0.05) is 0 Å². The summed E-state index contributed by atoms with van der Waals surface area (Å²) in [6.07, 6.45) is 0. The second kappa shape index (κ2) is 5.46. The van der Waals surface area contributed by atoms with Crippen molar-refractivity contribution >= 4 is 42.1 Å². The maximum Gasteiger partial charge on any atom is 0.355 e. The minimum atomic E-state index is -0.966. The number of aromatic nitrogens is 1. The summed E-state index contributed by atoms with van der Waals surface area (Å²) in [7, 11) is 0. The van der Waals surface area contributed by atoms with E-state index in [1.54, 1.807) is 0 Å². The number of nitrogens with zero attached hydrogens (tertiary/aromatic N) is 1. The van der Waals surface area contributed by atoms with Crippen LogP contribution in [-0.4, -0.2) is 16.1 Å². The van der Waals surface area contributed by atoms with Gasteiger partial charge in [0.1, 0.15) is 0 Å². The van der Waals surface area contributed by atoms with Gasteiger partial charge in [-0.05, 0) is 0 Å². The number of rotatable bonds is 1.